The van der Waals surface area contributed by atoms with Crippen LogP contribution in [-0.2, 0) is 27.2 Å². The van der Waals surface area contributed by atoms with Crippen molar-refractivity contribution in [3.8, 4) is 0 Å². The molecule has 0 radical (unpaired) electrons. The zero-order valence-corrected chi connectivity index (χ0v) is 22.1. The third-order valence-corrected chi connectivity index (χ3v) is 7.71. The van der Waals surface area contributed by atoms with E-state index in [2.05, 4.69) is 15.0 Å². The molecule has 0 atom stereocenters. The minimum Gasteiger partial charge on any atom is -0.341 e. The van der Waals surface area contributed by atoms with Gasteiger partial charge in [0.2, 0.25) is 17.1 Å². The van der Waals surface area contributed by atoms with Gasteiger partial charge in [0.05, 0.1) is 24.4 Å². The minimum atomic E-state index is -3.96. The molecule has 1 heterocycles. The summed E-state index contributed by atoms with van der Waals surface area (Å²) in [6.07, 6.45) is -1.70. The van der Waals surface area contributed by atoms with Gasteiger partial charge in [-0.2, -0.15) is 15.0 Å². The summed E-state index contributed by atoms with van der Waals surface area (Å²) in [4.78, 5) is 14.9. The summed E-state index contributed by atoms with van der Waals surface area (Å²) in [6.45, 7) is 18.9. The first-order chi connectivity index (χ1) is 14.3. The molecule has 0 aliphatic heterocycles. The Morgan fingerprint density at radius 1 is 0.645 bits per heavy atom. The molecule has 180 valence electrons. The molecular weight excluding hydrogens is 442 g/mol. The van der Waals surface area contributed by atoms with Crippen LogP contribution in [0.5, 0.6) is 0 Å². The monoisotopic (exact) mass is 480 g/mol. The smallest absolute Gasteiger partial charge is 0.341 e. The molecule has 1 aromatic heterocycles. The van der Waals surface area contributed by atoms with E-state index in [9.17, 15) is 9.13 Å². The van der Waals surface area contributed by atoms with E-state index in [1.165, 1.54) is 0 Å². The Hall–Kier alpha value is -0.890. The van der Waals surface area contributed by atoms with Gasteiger partial charge in [-0.3, -0.25) is 9.13 Å². The molecule has 10 nitrogen and oxygen atoms in total. The molecule has 0 saturated heterocycles. The van der Waals surface area contributed by atoms with Crippen molar-refractivity contribution in [2.45, 2.75) is 93.7 Å². The van der Waals surface area contributed by atoms with Crippen LogP contribution >= 0.6 is 15.2 Å². The van der Waals surface area contributed by atoms with E-state index < -0.39 is 39.6 Å². The highest BCUT2D eigenvalue weighted by atomic mass is 31.2. The summed E-state index contributed by atoms with van der Waals surface area (Å²) in [6, 6.07) is 0. The zero-order valence-electron chi connectivity index (χ0n) is 20.4. The highest BCUT2D eigenvalue weighted by molar-refractivity contribution is 7.63. The van der Waals surface area contributed by atoms with Crippen LogP contribution in [-0.4, -0.2) is 52.5 Å². The van der Waals surface area contributed by atoms with Crippen molar-refractivity contribution in [2.75, 3.05) is 18.0 Å². The summed E-state index contributed by atoms with van der Waals surface area (Å²) in [5, 5.41) is 0. The summed E-state index contributed by atoms with van der Waals surface area (Å²) in [7, 11) is -7.92. The molecule has 0 spiro atoms. The van der Waals surface area contributed by atoms with Gasteiger partial charge in [0.15, 0.2) is 0 Å². The van der Waals surface area contributed by atoms with Gasteiger partial charge in [0.1, 0.15) is 0 Å². The number of hydrogen-bond acceptors (Lipinski definition) is 10. The van der Waals surface area contributed by atoms with Crippen LogP contribution in [0.3, 0.4) is 0 Å². The first-order valence-corrected chi connectivity index (χ1v) is 13.8. The summed E-state index contributed by atoms with van der Waals surface area (Å²) < 4.78 is 50.1. The topological polar surface area (TPSA) is 113 Å². The maximum absolute atomic E-state index is 13.7. The lowest BCUT2D eigenvalue weighted by atomic mass is 10.5. The largest absolute Gasteiger partial charge is 0.399 e. The van der Waals surface area contributed by atoms with E-state index in [-0.39, 0.29) is 17.1 Å². The molecule has 1 aromatic rings. The van der Waals surface area contributed by atoms with Crippen LogP contribution in [0.15, 0.2) is 0 Å². The predicted octanol–water partition coefficient (Wildman–Crippen LogP) is 4.05. The van der Waals surface area contributed by atoms with E-state index >= 15 is 0 Å². The van der Waals surface area contributed by atoms with E-state index in [4.69, 9.17) is 18.1 Å². The SMILES string of the molecule is CCN(CC)c1nc(P(=O)(OC(C)C)OC(C)C)nc(P(=O)(OC(C)C)OC(C)C)n1. The fraction of sp³-hybridized carbons (Fsp3) is 0.842. The fourth-order valence-electron chi connectivity index (χ4n) is 2.58. The second kappa shape index (κ2) is 11.8. The highest BCUT2D eigenvalue weighted by Gasteiger charge is 2.40. The van der Waals surface area contributed by atoms with Gasteiger partial charge in [-0.05, 0) is 69.2 Å². The van der Waals surface area contributed by atoms with E-state index in [1.54, 1.807) is 55.4 Å². The Morgan fingerprint density at radius 2 is 0.935 bits per heavy atom. The first-order valence-electron chi connectivity index (χ1n) is 10.7. The van der Waals surface area contributed by atoms with Crippen molar-refractivity contribution in [3.63, 3.8) is 0 Å². The molecule has 1 rings (SSSR count). The Labute approximate surface area is 186 Å². The molecule has 0 saturated carbocycles. The van der Waals surface area contributed by atoms with Crippen molar-refractivity contribution < 1.29 is 27.2 Å². The van der Waals surface area contributed by atoms with E-state index in [0.717, 1.165) is 0 Å². The van der Waals surface area contributed by atoms with Crippen LogP contribution in [0.2, 0.25) is 0 Å². The Balaban J connectivity index is 3.81. The highest BCUT2D eigenvalue weighted by Crippen LogP contribution is 2.51. The quantitative estimate of drug-likeness (QED) is 0.383. The lowest BCUT2D eigenvalue weighted by Crippen LogP contribution is -2.36. The molecule has 12 heteroatoms. The van der Waals surface area contributed by atoms with Gasteiger partial charge in [0.25, 0.3) is 0 Å². The molecule has 0 aliphatic rings. The first kappa shape index (κ1) is 28.1. The van der Waals surface area contributed by atoms with Gasteiger partial charge >= 0.3 is 15.2 Å². The van der Waals surface area contributed by atoms with Crippen molar-refractivity contribution in [3.05, 3.63) is 0 Å². The van der Waals surface area contributed by atoms with Crippen LogP contribution in [0.25, 0.3) is 0 Å². The van der Waals surface area contributed by atoms with Gasteiger partial charge in [-0.1, -0.05) is 0 Å². The molecule has 31 heavy (non-hydrogen) atoms. The van der Waals surface area contributed by atoms with Crippen LogP contribution in [0, 0.1) is 0 Å². The predicted molar refractivity (Wildman–Crippen MR) is 123 cm³/mol. The summed E-state index contributed by atoms with van der Waals surface area (Å²) in [5.74, 6) is 0.199. The lowest BCUT2D eigenvalue weighted by molar-refractivity contribution is 0.149. The lowest BCUT2D eigenvalue weighted by Gasteiger charge is -2.26. The van der Waals surface area contributed by atoms with Gasteiger partial charge in [-0.15, -0.1) is 0 Å². The molecule has 0 unspecified atom stereocenters. The third kappa shape index (κ3) is 8.19. The second-order valence-corrected chi connectivity index (χ2v) is 11.7. The number of anilines is 1. The maximum Gasteiger partial charge on any atom is 0.399 e. The van der Waals surface area contributed by atoms with E-state index in [1.807, 2.05) is 18.7 Å². The second-order valence-electron chi connectivity index (χ2n) is 8.02. The number of rotatable bonds is 13. The standard InChI is InChI=1S/C19H38N4O6P2/c1-11-23(12-2)17-20-18(30(24,26-13(3)4)27-14(5)6)22-19(21-17)31(25,28-15(7)8)29-16(9)10/h13-16H,11-12H2,1-10H3. The average molecular weight is 480 g/mol. The van der Waals surface area contributed by atoms with E-state index in [0.29, 0.717) is 13.1 Å². The Kier molecular flexibility index (Phi) is 10.7. The van der Waals surface area contributed by atoms with Gasteiger partial charge in [-0.25, -0.2) is 0 Å². The molecular formula is C19H38N4O6P2. The molecule has 0 aromatic carbocycles. The van der Waals surface area contributed by atoms with Crippen molar-refractivity contribution >= 4 is 32.3 Å². The molecule has 0 fully saturated rings. The zero-order chi connectivity index (χ0) is 24.0. The fourth-order valence-corrected chi connectivity index (χ4v) is 6.22. The van der Waals surface area contributed by atoms with Gasteiger partial charge < -0.3 is 23.0 Å². The van der Waals surface area contributed by atoms with Crippen molar-refractivity contribution in [2.24, 2.45) is 0 Å². The Bertz CT molecular complexity index is 715. The number of aromatic nitrogens is 3. The number of hydrogen-bond donors (Lipinski definition) is 0. The normalized spacial score (nSPS) is 13.1. The molecule has 0 N–H and O–H groups in total. The minimum absolute atomic E-state index is 0.199. The van der Waals surface area contributed by atoms with Crippen molar-refractivity contribution in [1.82, 2.24) is 15.0 Å². The molecule has 0 amide bonds. The summed E-state index contributed by atoms with van der Waals surface area (Å²) in [5.41, 5.74) is -0.441. The van der Waals surface area contributed by atoms with Crippen LogP contribution in [0.4, 0.5) is 5.95 Å². The van der Waals surface area contributed by atoms with Gasteiger partial charge in [0, 0.05) is 13.1 Å². The third-order valence-electron chi connectivity index (χ3n) is 3.53. The Morgan fingerprint density at radius 3 is 1.16 bits per heavy atom. The average Bonchev–Trinajstić information content (AvgIpc) is 2.59. The molecule has 0 aliphatic carbocycles. The van der Waals surface area contributed by atoms with Crippen LogP contribution in [0.1, 0.15) is 69.2 Å². The summed E-state index contributed by atoms with van der Waals surface area (Å²) >= 11 is 0. The number of nitrogens with zero attached hydrogens (tertiary/aromatic N) is 4. The molecule has 0 bridgehead atoms. The van der Waals surface area contributed by atoms with Crippen molar-refractivity contribution in [1.29, 1.82) is 0 Å². The van der Waals surface area contributed by atoms with Crippen LogP contribution < -0.4 is 16.0 Å². The maximum atomic E-state index is 13.7.